The van der Waals surface area contributed by atoms with Crippen LogP contribution in [0.15, 0.2) is 12.4 Å². The molecule has 0 saturated heterocycles. The molecule has 1 rings (SSSR count). The van der Waals surface area contributed by atoms with Gasteiger partial charge in [0, 0.05) is 18.9 Å². The summed E-state index contributed by atoms with van der Waals surface area (Å²) in [5.74, 6) is 0.575. The minimum absolute atomic E-state index is 0.315. The molecule has 1 atom stereocenters. The maximum Gasteiger partial charge on any atom is 0.222 e. The van der Waals surface area contributed by atoms with E-state index < -0.39 is 0 Å². The van der Waals surface area contributed by atoms with Crippen molar-refractivity contribution in [2.24, 2.45) is 0 Å². The van der Waals surface area contributed by atoms with Crippen LogP contribution in [0, 0.1) is 6.92 Å². The molecule has 1 aromatic heterocycles. The molecule has 1 heterocycles. The molecule has 14 heavy (non-hydrogen) atoms. The normalized spacial score (nSPS) is 12.5. The third-order valence-electron chi connectivity index (χ3n) is 1.90. The molecule has 0 bridgehead atoms. The Labute approximate surface area is 84.4 Å². The number of hydrogen-bond donors (Lipinski definition) is 2. The van der Waals surface area contributed by atoms with Crippen LogP contribution in [0.5, 0.6) is 0 Å². The number of aliphatic hydroxyl groups excluding tert-OH is 1. The summed E-state index contributed by atoms with van der Waals surface area (Å²) in [7, 11) is 0. The molecule has 0 radical (unpaired) electrons. The lowest BCUT2D eigenvalue weighted by atomic mass is 10.2. The second-order valence-corrected chi connectivity index (χ2v) is 3.41. The Kier molecular flexibility index (Phi) is 4.32. The number of aryl methyl sites for hydroxylation is 1. The minimum Gasteiger partial charge on any atom is -0.391 e. The van der Waals surface area contributed by atoms with Gasteiger partial charge in [0.15, 0.2) is 0 Å². The molecule has 2 N–H and O–H groups in total. The second-order valence-electron chi connectivity index (χ2n) is 3.41. The number of aromatic nitrogens is 2. The van der Waals surface area contributed by atoms with Gasteiger partial charge < -0.3 is 10.4 Å². The molecule has 4 nitrogen and oxygen atoms in total. The van der Waals surface area contributed by atoms with E-state index in [-0.39, 0.29) is 6.10 Å². The first-order chi connectivity index (χ1) is 6.72. The lowest BCUT2D eigenvalue weighted by molar-refractivity contribution is 0.176. The van der Waals surface area contributed by atoms with Crippen LogP contribution in [0.4, 0.5) is 5.95 Å². The Balaban J connectivity index is 2.34. The van der Waals surface area contributed by atoms with Gasteiger partial charge in [-0.3, -0.25) is 0 Å². The molecular formula is C10H17N3O. The van der Waals surface area contributed by atoms with E-state index in [1.165, 1.54) is 0 Å². The number of nitrogens with zero attached hydrogens (tertiary/aromatic N) is 2. The third-order valence-corrected chi connectivity index (χ3v) is 1.90. The van der Waals surface area contributed by atoms with Crippen LogP contribution >= 0.6 is 0 Å². The molecule has 78 valence electrons. The molecule has 0 amide bonds. The zero-order chi connectivity index (χ0) is 10.4. The van der Waals surface area contributed by atoms with Gasteiger partial charge in [0.2, 0.25) is 5.95 Å². The van der Waals surface area contributed by atoms with Crippen molar-refractivity contribution in [3.8, 4) is 0 Å². The van der Waals surface area contributed by atoms with Gasteiger partial charge >= 0.3 is 0 Å². The predicted molar refractivity (Wildman–Crippen MR) is 56.2 cm³/mol. The third kappa shape index (κ3) is 3.70. The first-order valence-corrected chi connectivity index (χ1v) is 4.93. The maximum atomic E-state index is 9.45. The van der Waals surface area contributed by atoms with Crippen molar-refractivity contribution in [2.45, 2.75) is 32.8 Å². The van der Waals surface area contributed by atoms with Crippen molar-refractivity contribution in [3.63, 3.8) is 0 Å². The SMILES string of the molecule is CCCC(O)CNc1ncc(C)cn1. The average Bonchev–Trinajstić information content (AvgIpc) is 2.17. The van der Waals surface area contributed by atoms with Gasteiger partial charge in [0.05, 0.1) is 6.10 Å². The quantitative estimate of drug-likeness (QED) is 0.744. The second kappa shape index (κ2) is 5.54. The summed E-state index contributed by atoms with van der Waals surface area (Å²) in [6.07, 6.45) is 4.98. The molecule has 0 fully saturated rings. The summed E-state index contributed by atoms with van der Waals surface area (Å²) in [5, 5.41) is 12.4. The van der Waals surface area contributed by atoms with Crippen LogP contribution < -0.4 is 5.32 Å². The Morgan fingerprint density at radius 3 is 2.64 bits per heavy atom. The molecule has 4 heteroatoms. The van der Waals surface area contributed by atoms with Gasteiger partial charge in [-0.15, -0.1) is 0 Å². The monoisotopic (exact) mass is 195 g/mol. The molecule has 0 saturated carbocycles. The first kappa shape index (κ1) is 10.9. The largest absolute Gasteiger partial charge is 0.391 e. The predicted octanol–water partition coefficient (Wildman–Crippen LogP) is 1.36. The van der Waals surface area contributed by atoms with E-state index in [1.807, 2.05) is 13.8 Å². The van der Waals surface area contributed by atoms with Crippen molar-refractivity contribution in [1.82, 2.24) is 9.97 Å². The van der Waals surface area contributed by atoms with Crippen LogP contribution in [0.3, 0.4) is 0 Å². The van der Waals surface area contributed by atoms with Gasteiger partial charge in [-0.1, -0.05) is 13.3 Å². The Bertz CT molecular complexity index is 261. The fourth-order valence-corrected chi connectivity index (χ4v) is 1.13. The number of hydrogen-bond acceptors (Lipinski definition) is 4. The number of aliphatic hydroxyl groups is 1. The van der Waals surface area contributed by atoms with Crippen molar-refractivity contribution in [3.05, 3.63) is 18.0 Å². The summed E-state index contributed by atoms with van der Waals surface area (Å²) in [4.78, 5) is 8.15. The molecule has 1 aromatic rings. The van der Waals surface area contributed by atoms with Crippen molar-refractivity contribution >= 4 is 5.95 Å². The van der Waals surface area contributed by atoms with Crippen LogP contribution in [-0.4, -0.2) is 27.7 Å². The maximum absolute atomic E-state index is 9.45. The van der Waals surface area contributed by atoms with Crippen molar-refractivity contribution < 1.29 is 5.11 Å². The zero-order valence-electron chi connectivity index (χ0n) is 8.70. The van der Waals surface area contributed by atoms with E-state index in [4.69, 9.17) is 0 Å². The summed E-state index contributed by atoms with van der Waals surface area (Å²) < 4.78 is 0. The van der Waals surface area contributed by atoms with E-state index in [0.29, 0.717) is 12.5 Å². The first-order valence-electron chi connectivity index (χ1n) is 4.93. The summed E-state index contributed by atoms with van der Waals surface area (Å²) in [6.45, 7) is 4.50. The Morgan fingerprint density at radius 1 is 1.43 bits per heavy atom. The van der Waals surface area contributed by atoms with Crippen LogP contribution in [0.1, 0.15) is 25.3 Å². The lowest BCUT2D eigenvalue weighted by Gasteiger charge is -2.10. The highest BCUT2D eigenvalue weighted by atomic mass is 16.3. The smallest absolute Gasteiger partial charge is 0.222 e. The van der Waals surface area contributed by atoms with E-state index in [0.717, 1.165) is 18.4 Å². The molecule has 0 aliphatic carbocycles. The topological polar surface area (TPSA) is 58.0 Å². The molecule has 0 spiro atoms. The molecular weight excluding hydrogens is 178 g/mol. The van der Waals surface area contributed by atoms with Gasteiger partial charge in [0.25, 0.3) is 0 Å². The van der Waals surface area contributed by atoms with E-state index in [9.17, 15) is 5.11 Å². The zero-order valence-corrected chi connectivity index (χ0v) is 8.70. The van der Waals surface area contributed by atoms with Crippen LogP contribution in [0.25, 0.3) is 0 Å². The fourth-order valence-electron chi connectivity index (χ4n) is 1.13. The lowest BCUT2D eigenvalue weighted by Crippen LogP contribution is -2.20. The van der Waals surface area contributed by atoms with E-state index in [1.54, 1.807) is 12.4 Å². The van der Waals surface area contributed by atoms with Gasteiger partial charge in [-0.25, -0.2) is 9.97 Å². The van der Waals surface area contributed by atoms with Crippen LogP contribution in [-0.2, 0) is 0 Å². The Hall–Kier alpha value is -1.16. The number of rotatable bonds is 5. The molecule has 0 aliphatic heterocycles. The highest BCUT2D eigenvalue weighted by Gasteiger charge is 2.02. The molecule has 1 unspecified atom stereocenters. The number of anilines is 1. The standard InChI is InChI=1S/C10H17N3O/c1-3-4-9(14)7-13-10-11-5-8(2)6-12-10/h5-6,9,14H,3-4,7H2,1-2H3,(H,11,12,13). The van der Waals surface area contributed by atoms with Crippen molar-refractivity contribution in [2.75, 3.05) is 11.9 Å². The molecule has 0 aliphatic rings. The van der Waals surface area contributed by atoms with E-state index in [2.05, 4.69) is 15.3 Å². The number of nitrogens with one attached hydrogen (secondary N) is 1. The van der Waals surface area contributed by atoms with Gasteiger partial charge in [-0.05, 0) is 18.9 Å². The fraction of sp³-hybridized carbons (Fsp3) is 0.600. The summed E-state index contributed by atoms with van der Waals surface area (Å²) >= 11 is 0. The van der Waals surface area contributed by atoms with Crippen LogP contribution in [0.2, 0.25) is 0 Å². The van der Waals surface area contributed by atoms with Gasteiger partial charge in [0.1, 0.15) is 0 Å². The van der Waals surface area contributed by atoms with E-state index >= 15 is 0 Å². The summed E-state index contributed by atoms with van der Waals surface area (Å²) in [6, 6.07) is 0. The average molecular weight is 195 g/mol. The highest BCUT2D eigenvalue weighted by Crippen LogP contribution is 2.00. The highest BCUT2D eigenvalue weighted by molar-refractivity contribution is 5.24. The summed E-state index contributed by atoms with van der Waals surface area (Å²) in [5.41, 5.74) is 1.03. The Morgan fingerprint density at radius 2 is 2.07 bits per heavy atom. The van der Waals surface area contributed by atoms with Crippen molar-refractivity contribution in [1.29, 1.82) is 0 Å². The molecule has 0 aromatic carbocycles. The van der Waals surface area contributed by atoms with Gasteiger partial charge in [-0.2, -0.15) is 0 Å². The minimum atomic E-state index is -0.315.